The van der Waals surface area contributed by atoms with Crippen molar-refractivity contribution in [2.45, 2.75) is 26.0 Å². The van der Waals surface area contributed by atoms with Crippen molar-refractivity contribution in [2.75, 3.05) is 18.6 Å². The van der Waals surface area contributed by atoms with Gasteiger partial charge in [0.2, 0.25) is 0 Å². The number of amides is 2. The summed E-state index contributed by atoms with van der Waals surface area (Å²) in [5.74, 6) is 0.602. The first kappa shape index (κ1) is 20.0. The molecule has 0 saturated carbocycles. The first-order valence-electron chi connectivity index (χ1n) is 9.13. The first-order valence-corrected chi connectivity index (χ1v) is 10.0. The molecule has 28 heavy (non-hydrogen) atoms. The second-order valence-corrected chi connectivity index (χ2v) is 8.03. The van der Waals surface area contributed by atoms with Crippen LogP contribution in [0.3, 0.4) is 0 Å². The summed E-state index contributed by atoms with van der Waals surface area (Å²) in [6, 6.07) is 14.2. The number of benzene rings is 2. The number of nitrogens with zero attached hydrogens (tertiary/aromatic N) is 1. The van der Waals surface area contributed by atoms with Crippen molar-refractivity contribution in [2.24, 2.45) is 0 Å². The van der Waals surface area contributed by atoms with Crippen LogP contribution in [0.2, 0.25) is 0 Å². The number of thioether (sulfide) groups is 1. The van der Waals surface area contributed by atoms with Crippen LogP contribution in [0, 0.1) is 0 Å². The molecular weight excluding hydrogens is 374 g/mol. The predicted molar refractivity (Wildman–Crippen MR) is 113 cm³/mol. The SMILES string of the molecule is CCOc1ccc(N2C(=O)C(SC(C)C)=C(c3ccccc3OC)C2=O)cc1. The lowest BCUT2D eigenvalue weighted by Gasteiger charge is -2.16. The highest BCUT2D eigenvalue weighted by Gasteiger charge is 2.41. The molecule has 2 amide bonds. The second kappa shape index (κ2) is 8.52. The lowest BCUT2D eigenvalue weighted by atomic mass is 10.0. The van der Waals surface area contributed by atoms with Gasteiger partial charge in [-0.2, -0.15) is 0 Å². The summed E-state index contributed by atoms with van der Waals surface area (Å²) in [6.07, 6.45) is 0. The van der Waals surface area contributed by atoms with Gasteiger partial charge in [-0.15, -0.1) is 11.8 Å². The Hall–Kier alpha value is -2.73. The van der Waals surface area contributed by atoms with Gasteiger partial charge >= 0.3 is 0 Å². The Balaban J connectivity index is 2.07. The molecular formula is C22H23NO4S. The smallest absolute Gasteiger partial charge is 0.272 e. The van der Waals surface area contributed by atoms with Gasteiger partial charge in [0.15, 0.2) is 0 Å². The molecule has 1 heterocycles. The lowest BCUT2D eigenvalue weighted by Crippen LogP contribution is -2.31. The molecule has 0 spiro atoms. The molecule has 0 aromatic heterocycles. The van der Waals surface area contributed by atoms with Gasteiger partial charge in [0.05, 0.1) is 29.9 Å². The number of para-hydroxylation sites is 1. The van der Waals surface area contributed by atoms with Crippen molar-refractivity contribution in [3.63, 3.8) is 0 Å². The van der Waals surface area contributed by atoms with Crippen molar-refractivity contribution in [3.8, 4) is 11.5 Å². The molecule has 0 bridgehead atoms. The van der Waals surface area contributed by atoms with E-state index in [4.69, 9.17) is 9.47 Å². The fraction of sp³-hybridized carbons (Fsp3) is 0.273. The molecule has 0 fully saturated rings. The maximum absolute atomic E-state index is 13.3. The van der Waals surface area contributed by atoms with Crippen LogP contribution >= 0.6 is 11.8 Å². The molecule has 0 radical (unpaired) electrons. The average molecular weight is 397 g/mol. The summed E-state index contributed by atoms with van der Waals surface area (Å²) in [6.45, 7) is 6.44. The number of hydrogen-bond acceptors (Lipinski definition) is 5. The summed E-state index contributed by atoms with van der Waals surface area (Å²) >= 11 is 1.39. The van der Waals surface area contributed by atoms with Gasteiger partial charge in [-0.05, 0) is 37.3 Å². The molecule has 146 valence electrons. The molecule has 3 rings (SSSR count). The third kappa shape index (κ3) is 3.78. The van der Waals surface area contributed by atoms with Gasteiger partial charge in [0.25, 0.3) is 11.8 Å². The molecule has 1 aliphatic rings. The quantitative estimate of drug-likeness (QED) is 0.643. The highest BCUT2D eigenvalue weighted by atomic mass is 32.2. The van der Waals surface area contributed by atoms with E-state index < -0.39 is 0 Å². The minimum absolute atomic E-state index is 0.150. The Labute approximate surface area is 169 Å². The fourth-order valence-corrected chi connectivity index (χ4v) is 4.01. The normalized spacial score (nSPS) is 14.2. The third-order valence-electron chi connectivity index (χ3n) is 4.18. The van der Waals surface area contributed by atoms with Crippen molar-refractivity contribution in [1.82, 2.24) is 0 Å². The van der Waals surface area contributed by atoms with Gasteiger partial charge in [0, 0.05) is 10.8 Å². The Morgan fingerprint density at radius 3 is 2.29 bits per heavy atom. The van der Waals surface area contributed by atoms with Crippen LogP contribution in [0.15, 0.2) is 53.4 Å². The summed E-state index contributed by atoms with van der Waals surface area (Å²) < 4.78 is 10.9. The summed E-state index contributed by atoms with van der Waals surface area (Å²) in [4.78, 5) is 28.2. The molecule has 2 aromatic rings. The molecule has 6 heteroatoms. The summed E-state index contributed by atoms with van der Waals surface area (Å²) in [5, 5.41) is 0.150. The van der Waals surface area contributed by atoms with Crippen LogP contribution in [0.1, 0.15) is 26.3 Å². The van der Waals surface area contributed by atoms with E-state index in [1.807, 2.05) is 39.0 Å². The van der Waals surface area contributed by atoms with Crippen LogP contribution in [-0.2, 0) is 9.59 Å². The maximum atomic E-state index is 13.3. The van der Waals surface area contributed by atoms with Gasteiger partial charge in [0.1, 0.15) is 11.5 Å². The number of methoxy groups -OCH3 is 1. The Morgan fingerprint density at radius 1 is 1.00 bits per heavy atom. The Bertz CT molecular complexity index is 918. The largest absolute Gasteiger partial charge is 0.496 e. The minimum Gasteiger partial charge on any atom is -0.496 e. The maximum Gasteiger partial charge on any atom is 0.272 e. The fourth-order valence-electron chi connectivity index (χ4n) is 3.04. The number of rotatable bonds is 7. The number of anilines is 1. The van der Waals surface area contributed by atoms with Gasteiger partial charge in [-0.25, -0.2) is 4.90 Å². The van der Waals surface area contributed by atoms with Gasteiger partial charge in [-0.3, -0.25) is 9.59 Å². The molecule has 0 aliphatic carbocycles. The predicted octanol–water partition coefficient (Wildman–Crippen LogP) is 4.52. The number of carbonyl (C=O) groups excluding carboxylic acids is 2. The third-order valence-corrected chi connectivity index (χ3v) is 5.26. The van der Waals surface area contributed by atoms with Crippen molar-refractivity contribution < 1.29 is 19.1 Å². The Kier molecular flexibility index (Phi) is 6.09. The molecule has 0 saturated heterocycles. The molecule has 0 unspecified atom stereocenters. The standard InChI is InChI=1S/C22H23NO4S/c1-5-27-16-12-10-15(11-13-16)23-21(24)19(20(22(23)25)28-14(2)3)17-8-6-7-9-18(17)26-4/h6-14H,5H2,1-4H3. The molecule has 1 aliphatic heterocycles. The zero-order valence-electron chi connectivity index (χ0n) is 16.4. The zero-order chi connectivity index (χ0) is 20.3. The van der Waals surface area contributed by atoms with E-state index in [2.05, 4.69) is 0 Å². The summed E-state index contributed by atoms with van der Waals surface area (Å²) in [5.41, 5.74) is 1.53. The molecule has 0 atom stereocenters. The van der Waals surface area contributed by atoms with E-state index in [1.165, 1.54) is 16.7 Å². The van der Waals surface area contributed by atoms with Gasteiger partial charge in [-0.1, -0.05) is 32.0 Å². The van der Waals surface area contributed by atoms with Crippen LogP contribution < -0.4 is 14.4 Å². The molecule has 2 aromatic carbocycles. The van der Waals surface area contributed by atoms with Gasteiger partial charge < -0.3 is 9.47 Å². The minimum atomic E-state index is -0.346. The van der Waals surface area contributed by atoms with Crippen LogP contribution in [0.5, 0.6) is 11.5 Å². The van der Waals surface area contributed by atoms with Crippen molar-refractivity contribution in [1.29, 1.82) is 0 Å². The van der Waals surface area contributed by atoms with Crippen LogP contribution in [0.25, 0.3) is 5.57 Å². The Morgan fingerprint density at radius 2 is 1.68 bits per heavy atom. The van der Waals surface area contributed by atoms with Crippen molar-refractivity contribution >= 4 is 34.8 Å². The topological polar surface area (TPSA) is 55.8 Å². The monoisotopic (exact) mass is 397 g/mol. The number of carbonyl (C=O) groups is 2. The number of hydrogen-bond donors (Lipinski definition) is 0. The lowest BCUT2D eigenvalue weighted by molar-refractivity contribution is -0.119. The van der Waals surface area contributed by atoms with E-state index >= 15 is 0 Å². The van der Waals surface area contributed by atoms with E-state index in [-0.39, 0.29) is 17.1 Å². The average Bonchev–Trinajstić information content (AvgIpc) is 2.92. The molecule has 0 N–H and O–H groups in total. The van der Waals surface area contributed by atoms with Crippen molar-refractivity contribution in [3.05, 3.63) is 59.0 Å². The number of ether oxygens (including phenoxy) is 2. The number of imide groups is 1. The van der Waals surface area contributed by atoms with E-state index in [9.17, 15) is 9.59 Å². The molecule has 5 nitrogen and oxygen atoms in total. The van der Waals surface area contributed by atoms with Crippen LogP contribution in [0.4, 0.5) is 5.69 Å². The zero-order valence-corrected chi connectivity index (χ0v) is 17.2. The van der Waals surface area contributed by atoms with E-state index in [0.29, 0.717) is 39.8 Å². The second-order valence-electron chi connectivity index (χ2n) is 6.44. The highest BCUT2D eigenvalue weighted by Crippen LogP contribution is 2.42. The summed E-state index contributed by atoms with van der Waals surface area (Å²) in [7, 11) is 1.56. The van der Waals surface area contributed by atoms with E-state index in [1.54, 1.807) is 37.4 Å². The first-order chi connectivity index (χ1) is 13.5. The van der Waals surface area contributed by atoms with Crippen LogP contribution in [-0.4, -0.2) is 30.8 Å². The highest BCUT2D eigenvalue weighted by molar-refractivity contribution is 8.04. The van der Waals surface area contributed by atoms with E-state index in [0.717, 1.165) is 0 Å².